The summed E-state index contributed by atoms with van der Waals surface area (Å²) < 4.78 is 4.72. The van der Waals surface area contributed by atoms with Crippen molar-refractivity contribution < 1.29 is 0 Å². The lowest BCUT2D eigenvalue weighted by molar-refractivity contribution is 1.13. The molecule has 12 aromatic rings. The van der Waals surface area contributed by atoms with Gasteiger partial charge in [-0.05, 0) is 126 Å². The van der Waals surface area contributed by atoms with Gasteiger partial charge in [-0.3, -0.25) is 4.98 Å². The number of nitriles is 1. The average molecular weight is 871 g/mol. The lowest BCUT2D eigenvalue weighted by atomic mass is 9.99. The molecule has 3 aromatic heterocycles. The Morgan fingerprint density at radius 1 is 0.338 bits per heavy atom. The monoisotopic (exact) mass is 870 g/mol. The van der Waals surface area contributed by atoms with Gasteiger partial charge in [0.15, 0.2) is 0 Å². The molecule has 0 aliphatic carbocycles. The summed E-state index contributed by atoms with van der Waals surface area (Å²) in [4.78, 5) is 4.48. The first kappa shape index (κ1) is 40.7. The van der Waals surface area contributed by atoms with E-state index in [9.17, 15) is 5.26 Å². The molecular formula is C64H46N4. The van der Waals surface area contributed by atoms with E-state index < -0.39 is 0 Å². The molecular weight excluding hydrogens is 825 g/mol. The van der Waals surface area contributed by atoms with Gasteiger partial charge in [0.1, 0.15) is 6.07 Å². The van der Waals surface area contributed by atoms with E-state index in [1.807, 2.05) is 12.4 Å². The van der Waals surface area contributed by atoms with E-state index >= 15 is 0 Å². The third-order valence-corrected chi connectivity index (χ3v) is 13.6. The van der Waals surface area contributed by atoms with Crippen molar-refractivity contribution >= 4 is 43.6 Å². The number of pyridine rings is 1. The van der Waals surface area contributed by atoms with Gasteiger partial charge in [0.25, 0.3) is 0 Å². The fourth-order valence-electron chi connectivity index (χ4n) is 10.4. The highest BCUT2D eigenvalue weighted by atomic mass is 15.0. The lowest BCUT2D eigenvalue weighted by Gasteiger charge is -2.19. The highest BCUT2D eigenvalue weighted by Crippen LogP contribution is 2.44. The third-order valence-electron chi connectivity index (χ3n) is 13.6. The zero-order valence-corrected chi connectivity index (χ0v) is 38.4. The number of nitrogens with zero attached hydrogens (tertiary/aromatic N) is 4. The normalized spacial score (nSPS) is 11.5. The molecule has 0 aliphatic rings. The summed E-state index contributed by atoms with van der Waals surface area (Å²) >= 11 is 0. The molecule has 0 bridgehead atoms. The molecule has 9 aromatic carbocycles. The predicted octanol–water partition coefficient (Wildman–Crippen LogP) is 16.7. The maximum absolute atomic E-state index is 11.6. The van der Waals surface area contributed by atoms with Crippen LogP contribution < -0.4 is 0 Å². The maximum Gasteiger partial charge on any atom is 0.101 e. The number of hydrogen-bond donors (Lipinski definition) is 0. The van der Waals surface area contributed by atoms with Crippen molar-refractivity contribution in [3.05, 3.63) is 234 Å². The van der Waals surface area contributed by atoms with E-state index in [1.165, 1.54) is 22.3 Å². The third kappa shape index (κ3) is 6.96. The van der Waals surface area contributed by atoms with Crippen molar-refractivity contribution in [1.29, 1.82) is 5.26 Å². The number of benzene rings is 9. The molecule has 0 saturated heterocycles. The van der Waals surface area contributed by atoms with Crippen molar-refractivity contribution in [2.75, 3.05) is 0 Å². The molecule has 0 N–H and O–H groups in total. The van der Waals surface area contributed by atoms with Gasteiger partial charge in [-0.25, -0.2) is 0 Å². The quantitative estimate of drug-likeness (QED) is 0.160. The minimum absolute atomic E-state index is 0.568. The van der Waals surface area contributed by atoms with Crippen LogP contribution in [-0.4, -0.2) is 14.1 Å². The number of aromatic nitrogens is 3. The van der Waals surface area contributed by atoms with Gasteiger partial charge in [-0.1, -0.05) is 168 Å². The van der Waals surface area contributed by atoms with Crippen LogP contribution in [0, 0.1) is 39.0 Å². The Balaban J connectivity index is 1.19. The maximum atomic E-state index is 11.6. The van der Waals surface area contributed by atoms with Crippen LogP contribution in [0.3, 0.4) is 0 Å². The van der Waals surface area contributed by atoms with Gasteiger partial charge in [0, 0.05) is 39.5 Å². The Bertz CT molecular complexity index is 3820. The van der Waals surface area contributed by atoms with Crippen LogP contribution in [0.15, 0.2) is 207 Å². The molecule has 0 unspecified atom stereocenters. The minimum Gasteiger partial charge on any atom is -0.309 e. The van der Waals surface area contributed by atoms with Crippen LogP contribution in [0.4, 0.5) is 0 Å². The van der Waals surface area contributed by atoms with E-state index in [0.29, 0.717) is 5.56 Å². The van der Waals surface area contributed by atoms with Crippen molar-refractivity contribution in [2.45, 2.75) is 27.7 Å². The van der Waals surface area contributed by atoms with Crippen molar-refractivity contribution in [3.63, 3.8) is 0 Å². The summed E-state index contributed by atoms with van der Waals surface area (Å²) in [6.45, 7) is 8.55. The second-order valence-electron chi connectivity index (χ2n) is 18.3. The molecule has 0 spiro atoms. The molecule has 3 heterocycles. The number of rotatable bonds is 7. The van der Waals surface area contributed by atoms with Crippen LogP contribution in [-0.2, 0) is 0 Å². The molecule has 4 nitrogen and oxygen atoms in total. The summed E-state index contributed by atoms with van der Waals surface area (Å²) in [6.07, 6.45) is 3.72. The Labute approximate surface area is 396 Å². The van der Waals surface area contributed by atoms with Gasteiger partial charge in [-0.2, -0.15) is 5.26 Å². The van der Waals surface area contributed by atoms with Gasteiger partial charge in [0.05, 0.1) is 39.0 Å². The van der Waals surface area contributed by atoms with Gasteiger partial charge in [-0.15, -0.1) is 0 Å². The van der Waals surface area contributed by atoms with Crippen LogP contribution in [0.5, 0.6) is 0 Å². The summed E-state index contributed by atoms with van der Waals surface area (Å²) in [5.74, 6) is 0. The first-order valence-corrected chi connectivity index (χ1v) is 23.2. The van der Waals surface area contributed by atoms with E-state index in [2.05, 4.69) is 242 Å². The summed E-state index contributed by atoms with van der Waals surface area (Å²) in [5, 5.41) is 16.1. The topological polar surface area (TPSA) is 46.5 Å². The zero-order chi connectivity index (χ0) is 46.0. The molecule has 0 amide bonds. The number of hydrogen-bond acceptors (Lipinski definition) is 2. The molecule has 4 heteroatoms. The highest BCUT2D eigenvalue weighted by Gasteiger charge is 2.23. The average Bonchev–Trinajstić information content (AvgIpc) is 3.87. The fraction of sp³-hybridized carbons (Fsp3) is 0.0625. The molecule has 0 saturated carbocycles. The van der Waals surface area contributed by atoms with Gasteiger partial charge < -0.3 is 9.13 Å². The SMILES string of the molecule is Cc1cccc(-c2ccc3c4ccc(-c5cccc(C)c5)cc4n(-c4cc(-c5ccncc5)c(-n5c6cc(-c7cccc(C)c7)ccc6c6ccc(-c7cccc(C)c7)cc65)cc4C#N)c3c2)c1. The summed E-state index contributed by atoms with van der Waals surface area (Å²) in [6, 6.07) is 73.2. The summed E-state index contributed by atoms with van der Waals surface area (Å²) in [5.41, 5.74) is 22.4. The Morgan fingerprint density at radius 2 is 0.676 bits per heavy atom. The van der Waals surface area contributed by atoms with Gasteiger partial charge >= 0.3 is 0 Å². The van der Waals surface area contributed by atoms with E-state index in [0.717, 1.165) is 111 Å². The molecule has 0 atom stereocenters. The Hall–Kier alpha value is -8.78. The molecule has 12 rings (SSSR count). The zero-order valence-electron chi connectivity index (χ0n) is 38.4. The van der Waals surface area contributed by atoms with Crippen molar-refractivity contribution in [3.8, 4) is 73.1 Å². The van der Waals surface area contributed by atoms with Crippen LogP contribution in [0.1, 0.15) is 27.8 Å². The summed E-state index contributed by atoms with van der Waals surface area (Å²) in [7, 11) is 0. The van der Waals surface area contributed by atoms with E-state index in [1.54, 1.807) is 0 Å². The van der Waals surface area contributed by atoms with Gasteiger partial charge in [0.2, 0.25) is 0 Å². The highest BCUT2D eigenvalue weighted by molar-refractivity contribution is 6.13. The first-order chi connectivity index (χ1) is 33.3. The molecule has 322 valence electrons. The van der Waals surface area contributed by atoms with Crippen LogP contribution in [0.25, 0.3) is 111 Å². The smallest absolute Gasteiger partial charge is 0.101 e. The largest absolute Gasteiger partial charge is 0.309 e. The Kier molecular flexibility index (Phi) is 9.74. The van der Waals surface area contributed by atoms with Crippen LogP contribution in [0.2, 0.25) is 0 Å². The minimum atomic E-state index is 0.568. The van der Waals surface area contributed by atoms with Crippen molar-refractivity contribution in [2.24, 2.45) is 0 Å². The number of fused-ring (bicyclic) bond motifs is 6. The van der Waals surface area contributed by atoms with E-state index in [-0.39, 0.29) is 0 Å². The standard InChI is InChI=1S/C64H46N4/c1-40-9-5-13-45(29-40)49-17-21-54-55-22-18-50(46-14-6-10-41(2)30-46)34-61(55)67(60(54)33-49)59-38-58(44-25-27-66-28-26-44)64(37-53(59)39-65)68-62-35-51(47-15-7-11-42(3)31-47)19-23-56(62)57-24-20-52(36-63(57)68)48-16-8-12-43(4)32-48/h5-38H,1-4H3. The fourth-order valence-corrected chi connectivity index (χ4v) is 10.4. The van der Waals surface area contributed by atoms with E-state index in [4.69, 9.17) is 0 Å². The Morgan fingerprint density at radius 3 is 1.01 bits per heavy atom. The number of aryl methyl sites for hydroxylation is 4. The molecule has 0 aliphatic heterocycles. The molecule has 0 fully saturated rings. The molecule has 0 radical (unpaired) electrons. The predicted molar refractivity (Wildman–Crippen MR) is 284 cm³/mol. The molecule has 68 heavy (non-hydrogen) atoms. The second kappa shape index (κ2) is 16.3. The van der Waals surface area contributed by atoms with Crippen molar-refractivity contribution in [1.82, 2.24) is 14.1 Å². The van der Waals surface area contributed by atoms with Crippen LogP contribution >= 0.6 is 0 Å². The lowest BCUT2D eigenvalue weighted by Crippen LogP contribution is -2.04. The second-order valence-corrected chi connectivity index (χ2v) is 18.3. The first-order valence-electron chi connectivity index (χ1n) is 23.2.